The molecule has 0 saturated heterocycles. The molecule has 0 aliphatic carbocycles. The van der Waals surface area contributed by atoms with E-state index in [-0.39, 0.29) is 17.3 Å². The zero-order chi connectivity index (χ0) is 15.0. The molecule has 1 unspecified atom stereocenters. The number of aromatic amines is 1. The van der Waals surface area contributed by atoms with E-state index < -0.39 is 6.04 Å². The number of rotatable bonds is 3. The smallest absolute Gasteiger partial charge is 0.157 e. The zero-order valence-electron chi connectivity index (χ0n) is 11.0. The summed E-state index contributed by atoms with van der Waals surface area (Å²) in [5.74, 6) is -0.157. The topological polar surface area (TPSA) is 95.2 Å². The number of hydrogen-bond donors (Lipinski definition) is 4. The number of phenols is 2. The largest absolute Gasteiger partial charge is 0.504 e. The van der Waals surface area contributed by atoms with Gasteiger partial charge in [0.2, 0.25) is 0 Å². The van der Waals surface area contributed by atoms with Gasteiger partial charge in [-0.1, -0.05) is 6.07 Å². The summed E-state index contributed by atoms with van der Waals surface area (Å²) in [6.07, 6.45) is 0.427. The molecule has 21 heavy (non-hydrogen) atoms. The minimum atomic E-state index is -0.426. The first-order valence-electron chi connectivity index (χ1n) is 6.44. The lowest BCUT2D eigenvalue weighted by atomic mass is 10.1. The monoisotopic (exact) mass is 287 g/mol. The lowest BCUT2D eigenvalue weighted by Gasteiger charge is -2.09. The van der Waals surface area contributed by atoms with Crippen molar-refractivity contribution in [3.05, 3.63) is 53.6 Å². The molecule has 0 amide bonds. The molecule has 3 aromatic rings. The van der Waals surface area contributed by atoms with E-state index in [9.17, 15) is 14.6 Å². The number of benzene rings is 2. The number of nitrogens with one attached hydrogen (secondary N) is 1. The van der Waals surface area contributed by atoms with Crippen LogP contribution in [0.25, 0.3) is 11.0 Å². The van der Waals surface area contributed by atoms with Crippen LogP contribution in [0, 0.1) is 5.82 Å². The van der Waals surface area contributed by atoms with Crippen molar-refractivity contribution in [3.63, 3.8) is 0 Å². The number of nitrogens with zero attached hydrogens (tertiary/aromatic N) is 1. The molecule has 0 bridgehead atoms. The number of hydrogen-bond acceptors (Lipinski definition) is 4. The average Bonchev–Trinajstić information content (AvgIpc) is 2.86. The molecule has 0 fully saturated rings. The van der Waals surface area contributed by atoms with Crippen LogP contribution >= 0.6 is 0 Å². The highest BCUT2D eigenvalue weighted by molar-refractivity contribution is 5.75. The van der Waals surface area contributed by atoms with E-state index in [4.69, 9.17) is 5.73 Å². The third kappa shape index (κ3) is 2.66. The van der Waals surface area contributed by atoms with Crippen LogP contribution in [0.1, 0.15) is 17.4 Å². The van der Waals surface area contributed by atoms with Crippen molar-refractivity contribution in [2.75, 3.05) is 0 Å². The molecule has 1 atom stereocenters. The number of aromatic hydroxyl groups is 2. The van der Waals surface area contributed by atoms with E-state index in [0.717, 1.165) is 5.56 Å². The molecule has 108 valence electrons. The number of phenolic OH excluding ortho intramolecular Hbond substituents is 2. The molecule has 5 N–H and O–H groups in total. The van der Waals surface area contributed by atoms with Gasteiger partial charge in [-0.15, -0.1) is 0 Å². The van der Waals surface area contributed by atoms with Gasteiger partial charge in [0.25, 0.3) is 0 Å². The lowest BCUT2D eigenvalue weighted by molar-refractivity contribution is 0.403. The molecular weight excluding hydrogens is 273 g/mol. The first-order chi connectivity index (χ1) is 10.0. The molecular formula is C15H14FN3O2. The molecule has 5 nitrogen and oxygen atoms in total. The fraction of sp³-hybridized carbons (Fsp3) is 0.133. The van der Waals surface area contributed by atoms with Crippen molar-refractivity contribution in [2.24, 2.45) is 5.73 Å². The number of nitrogens with two attached hydrogens (primary N) is 1. The summed E-state index contributed by atoms with van der Waals surface area (Å²) < 4.78 is 13.1. The Balaban J connectivity index is 1.85. The van der Waals surface area contributed by atoms with E-state index in [1.165, 1.54) is 24.3 Å². The Morgan fingerprint density at radius 3 is 2.71 bits per heavy atom. The third-order valence-corrected chi connectivity index (χ3v) is 3.31. The third-order valence-electron chi connectivity index (χ3n) is 3.31. The van der Waals surface area contributed by atoms with Crippen LogP contribution in [0.2, 0.25) is 0 Å². The molecule has 1 heterocycles. The summed E-state index contributed by atoms with van der Waals surface area (Å²) in [7, 11) is 0. The van der Waals surface area contributed by atoms with Crippen LogP contribution < -0.4 is 5.73 Å². The fourth-order valence-corrected chi connectivity index (χ4v) is 2.22. The van der Waals surface area contributed by atoms with Gasteiger partial charge in [0.1, 0.15) is 11.6 Å². The molecule has 3 rings (SSSR count). The van der Waals surface area contributed by atoms with Crippen LogP contribution in [0.3, 0.4) is 0 Å². The van der Waals surface area contributed by atoms with Gasteiger partial charge in [-0.2, -0.15) is 0 Å². The van der Waals surface area contributed by atoms with Gasteiger partial charge in [-0.3, -0.25) is 0 Å². The van der Waals surface area contributed by atoms with Gasteiger partial charge in [0.15, 0.2) is 11.5 Å². The predicted octanol–water partition coefficient (Wildman–Crippen LogP) is 2.36. The maximum absolute atomic E-state index is 13.1. The highest BCUT2D eigenvalue weighted by atomic mass is 19.1. The molecule has 0 spiro atoms. The van der Waals surface area contributed by atoms with Gasteiger partial charge in [-0.25, -0.2) is 9.37 Å². The Hall–Kier alpha value is -2.60. The van der Waals surface area contributed by atoms with E-state index in [2.05, 4.69) is 9.97 Å². The maximum atomic E-state index is 13.1. The van der Waals surface area contributed by atoms with E-state index in [1.807, 2.05) is 0 Å². The normalized spacial score (nSPS) is 12.7. The first-order valence-corrected chi connectivity index (χ1v) is 6.44. The van der Waals surface area contributed by atoms with Crippen molar-refractivity contribution < 1.29 is 14.6 Å². The first kappa shape index (κ1) is 13.4. The van der Waals surface area contributed by atoms with Gasteiger partial charge in [0, 0.05) is 0 Å². The van der Waals surface area contributed by atoms with Crippen LogP contribution in [0.5, 0.6) is 11.5 Å². The molecule has 2 aromatic carbocycles. The van der Waals surface area contributed by atoms with Crippen molar-refractivity contribution >= 4 is 11.0 Å². The molecule has 1 aromatic heterocycles. The fourth-order valence-electron chi connectivity index (χ4n) is 2.22. The minimum absolute atomic E-state index is 0.175. The summed E-state index contributed by atoms with van der Waals surface area (Å²) in [4.78, 5) is 7.33. The van der Waals surface area contributed by atoms with E-state index >= 15 is 0 Å². The van der Waals surface area contributed by atoms with Crippen LogP contribution in [-0.2, 0) is 6.42 Å². The Morgan fingerprint density at radius 1 is 1.14 bits per heavy atom. The summed E-state index contributed by atoms with van der Waals surface area (Å²) >= 11 is 0. The second-order valence-corrected chi connectivity index (χ2v) is 4.92. The summed E-state index contributed by atoms with van der Waals surface area (Å²) in [5.41, 5.74) is 8.09. The molecule has 0 aliphatic heterocycles. The molecule has 0 saturated carbocycles. The highest BCUT2D eigenvalue weighted by Crippen LogP contribution is 2.27. The van der Waals surface area contributed by atoms with Gasteiger partial charge >= 0.3 is 0 Å². The van der Waals surface area contributed by atoms with Gasteiger partial charge in [-0.05, 0) is 42.3 Å². The van der Waals surface area contributed by atoms with Crippen molar-refractivity contribution in [1.82, 2.24) is 9.97 Å². The summed E-state index contributed by atoms with van der Waals surface area (Å²) in [6, 6.07) is 8.41. The van der Waals surface area contributed by atoms with Crippen molar-refractivity contribution in [1.29, 1.82) is 0 Å². The second-order valence-electron chi connectivity index (χ2n) is 4.92. The number of halogens is 1. The van der Waals surface area contributed by atoms with E-state index in [0.29, 0.717) is 23.3 Å². The Labute approximate surface area is 119 Å². The number of H-pyrrole nitrogens is 1. The van der Waals surface area contributed by atoms with Crippen molar-refractivity contribution in [3.8, 4) is 11.5 Å². The van der Waals surface area contributed by atoms with Crippen LogP contribution in [-0.4, -0.2) is 20.2 Å². The summed E-state index contributed by atoms with van der Waals surface area (Å²) in [5, 5.41) is 18.8. The minimum Gasteiger partial charge on any atom is -0.504 e. The lowest BCUT2D eigenvalue weighted by Crippen LogP contribution is -2.14. The Bertz CT molecular complexity index is 801. The average molecular weight is 287 g/mol. The number of imidazole rings is 1. The molecule has 0 radical (unpaired) electrons. The zero-order valence-corrected chi connectivity index (χ0v) is 11.0. The number of aromatic nitrogens is 2. The van der Waals surface area contributed by atoms with Gasteiger partial charge in [0.05, 0.1) is 17.1 Å². The molecule has 6 heteroatoms. The standard InChI is InChI=1S/C15H14FN3O2/c16-9-2-3-11-12(7-9)19-15(18-11)10(17)5-8-1-4-13(20)14(21)6-8/h1-4,6-7,10,20-21H,5,17H2,(H,18,19). The Morgan fingerprint density at radius 2 is 1.95 bits per heavy atom. The van der Waals surface area contributed by atoms with E-state index in [1.54, 1.807) is 12.1 Å². The van der Waals surface area contributed by atoms with Gasteiger partial charge < -0.3 is 20.9 Å². The quantitative estimate of drug-likeness (QED) is 0.556. The van der Waals surface area contributed by atoms with Crippen molar-refractivity contribution in [2.45, 2.75) is 12.5 Å². The highest BCUT2D eigenvalue weighted by Gasteiger charge is 2.13. The summed E-state index contributed by atoms with van der Waals surface area (Å²) in [6.45, 7) is 0. The predicted molar refractivity (Wildman–Crippen MR) is 76.5 cm³/mol. The van der Waals surface area contributed by atoms with Crippen LogP contribution in [0.15, 0.2) is 36.4 Å². The Kier molecular flexibility index (Phi) is 3.23. The maximum Gasteiger partial charge on any atom is 0.157 e. The van der Waals surface area contributed by atoms with Crippen LogP contribution in [0.4, 0.5) is 4.39 Å². The molecule has 0 aliphatic rings. The number of fused-ring (bicyclic) bond motifs is 1. The SMILES string of the molecule is NC(Cc1ccc(O)c(O)c1)c1nc2ccc(F)cc2[nH]1. The second kappa shape index (κ2) is 5.06.